The number of ether oxygens (including phenoxy) is 1. The molecule has 10 heteroatoms. The molecule has 3 saturated heterocycles. The molecule has 43 heavy (non-hydrogen) atoms. The van der Waals surface area contributed by atoms with Crippen molar-refractivity contribution in [1.82, 2.24) is 19.9 Å². The molecule has 0 spiro atoms. The molecule has 0 amide bonds. The lowest BCUT2D eigenvalue weighted by Crippen LogP contribution is -2.43. The Labute approximate surface area is 247 Å². The Bertz CT molecular complexity index is 1830. The fourth-order valence-electron chi connectivity index (χ4n) is 7.20. The number of anilines is 1. The highest BCUT2D eigenvalue weighted by molar-refractivity contribution is 6.02. The maximum absolute atomic E-state index is 16.6. The molecule has 1 N–H and O–H groups in total. The molecule has 2 aromatic carbocycles. The van der Waals surface area contributed by atoms with E-state index in [0.29, 0.717) is 65.6 Å². The van der Waals surface area contributed by atoms with Gasteiger partial charge in [0.2, 0.25) is 0 Å². The molecule has 2 aromatic heterocycles. The van der Waals surface area contributed by atoms with Gasteiger partial charge in [0.25, 0.3) is 0 Å². The summed E-state index contributed by atoms with van der Waals surface area (Å²) in [5, 5.41) is 21.4. The quantitative estimate of drug-likeness (QED) is 0.304. The summed E-state index contributed by atoms with van der Waals surface area (Å²) in [6, 6.07) is 10.6. The molecule has 3 aliphatic rings. The Kier molecular flexibility index (Phi) is 6.75. The number of benzene rings is 2. The van der Waals surface area contributed by atoms with Crippen LogP contribution in [-0.4, -0.2) is 69.5 Å². The van der Waals surface area contributed by atoms with Gasteiger partial charge < -0.3 is 14.7 Å². The number of hydrogen-bond donors (Lipinski definition) is 1. The van der Waals surface area contributed by atoms with Gasteiger partial charge in [-0.1, -0.05) is 18.1 Å². The molecule has 8 nitrogen and oxygen atoms in total. The van der Waals surface area contributed by atoms with E-state index in [0.717, 1.165) is 25.8 Å². The Morgan fingerprint density at radius 1 is 1.21 bits per heavy atom. The number of nitriles is 1. The first-order valence-electron chi connectivity index (χ1n) is 14.6. The highest BCUT2D eigenvalue weighted by Crippen LogP contribution is 2.42. The lowest BCUT2D eigenvalue weighted by molar-refractivity contribution is 0.107. The van der Waals surface area contributed by atoms with E-state index in [-0.39, 0.29) is 35.5 Å². The van der Waals surface area contributed by atoms with Crippen molar-refractivity contribution < 1.29 is 18.6 Å². The van der Waals surface area contributed by atoms with Crippen LogP contribution in [0, 0.1) is 35.4 Å². The van der Waals surface area contributed by atoms with E-state index in [1.807, 2.05) is 4.90 Å². The summed E-state index contributed by atoms with van der Waals surface area (Å²) in [4.78, 5) is 18.0. The number of terminal acetylenes is 1. The average molecular weight is 581 g/mol. The van der Waals surface area contributed by atoms with E-state index in [1.165, 1.54) is 6.07 Å². The normalized spacial score (nSPS) is 23.5. The first kappa shape index (κ1) is 27.3. The predicted molar refractivity (Wildman–Crippen MR) is 159 cm³/mol. The fourth-order valence-corrected chi connectivity index (χ4v) is 7.20. The molecular weight excluding hydrogens is 550 g/mol. The Morgan fingerprint density at radius 3 is 2.93 bits per heavy atom. The van der Waals surface area contributed by atoms with Crippen LogP contribution in [0.1, 0.15) is 37.7 Å². The zero-order chi connectivity index (χ0) is 29.7. The van der Waals surface area contributed by atoms with Crippen LogP contribution in [0.4, 0.5) is 14.6 Å². The number of fused-ring (bicyclic) bond motifs is 3. The van der Waals surface area contributed by atoms with Gasteiger partial charge in [-0.05, 0) is 55.3 Å². The van der Waals surface area contributed by atoms with Crippen molar-refractivity contribution in [3.63, 3.8) is 0 Å². The lowest BCUT2D eigenvalue weighted by Gasteiger charge is -2.31. The number of alkyl halides is 1. The summed E-state index contributed by atoms with van der Waals surface area (Å²) >= 11 is 0. The number of pyridine rings is 1. The molecule has 3 atom stereocenters. The fraction of sp³-hybridized carbons (Fsp3) is 0.394. The summed E-state index contributed by atoms with van der Waals surface area (Å²) in [7, 11) is 0. The van der Waals surface area contributed by atoms with Crippen molar-refractivity contribution in [1.29, 1.82) is 5.26 Å². The first-order valence-corrected chi connectivity index (χ1v) is 14.6. The second-order valence-corrected chi connectivity index (χ2v) is 11.9. The van der Waals surface area contributed by atoms with Crippen molar-refractivity contribution in [3.05, 3.63) is 47.9 Å². The third-order valence-electron chi connectivity index (χ3n) is 9.21. The van der Waals surface area contributed by atoms with E-state index in [9.17, 15) is 14.8 Å². The van der Waals surface area contributed by atoms with Crippen LogP contribution in [0.2, 0.25) is 0 Å². The molecule has 0 unspecified atom stereocenters. The van der Waals surface area contributed by atoms with E-state index in [1.54, 1.807) is 30.5 Å². The van der Waals surface area contributed by atoms with Gasteiger partial charge in [-0.3, -0.25) is 9.88 Å². The molecule has 3 aliphatic heterocycles. The second-order valence-electron chi connectivity index (χ2n) is 11.9. The molecule has 0 saturated carbocycles. The number of halogens is 2. The monoisotopic (exact) mass is 580 g/mol. The molecule has 5 heterocycles. The van der Waals surface area contributed by atoms with Crippen LogP contribution in [0.25, 0.3) is 32.9 Å². The molecule has 0 bridgehead atoms. The smallest absolute Gasteiger partial charge is 0.319 e. The minimum Gasteiger partial charge on any atom is -0.508 e. The zero-order valence-corrected chi connectivity index (χ0v) is 23.6. The third kappa shape index (κ3) is 4.67. The molecule has 0 aliphatic carbocycles. The number of phenolic OH excluding ortho intramolecular Hbond substituents is 1. The summed E-state index contributed by atoms with van der Waals surface area (Å²) in [6.45, 7) is 2.65. The molecule has 3 fully saturated rings. The molecule has 0 radical (unpaired) electrons. The Balaban J connectivity index is 1.36. The van der Waals surface area contributed by atoms with Crippen LogP contribution < -0.4 is 9.64 Å². The number of hydrogen-bond acceptors (Lipinski definition) is 8. The molecular formula is C33H30F2N6O2. The predicted octanol–water partition coefficient (Wildman–Crippen LogP) is 5.37. The van der Waals surface area contributed by atoms with Crippen LogP contribution in [-0.2, 0) is 0 Å². The van der Waals surface area contributed by atoms with Crippen molar-refractivity contribution in [3.8, 4) is 41.4 Å². The third-order valence-corrected chi connectivity index (χ3v) is 9.21. The standard InChI is InChI=1S/C33H30F2N6O2/c1-2-21-5-3-6-22-13-24(42)14-25(27(21)22)29-28(35)30-26(16-37-29)31(40-12-8-20(17-40)7-10-36)39-32(38-30)43-19-33-9-4-11-41(33)18-23(34)15-33/h1,3,5-6,13-14,16,20,23,42H,4,7-9,11-12,15,17-19H2/t20-,23+,33-/m0/s1. The molecule has 218 valence electrons. The number of rotatable bonds is 6. The summed E-state index contributed by atoms with van der Waals surface area (Å²) in [5.74, 6) is 2.57. The van der Waals surface area contributed by atoms with Crippen LogP contribution in [0.5, 0.6) is 11.8 Å². The largest absolute Gasteiger partial charge is 0.508 e. The minimum atomic E-state index is -0.908. The van der Waals surface area contributed by atoms with Crippen LogP contribution in [0.3, 0.4) is 0 Å². The van der Waals surface area contributed by atoms with Crippen molar-refractivity contribution >= 4 is 27.5 Å². The summed E-state index contributed by atoms with van der Waals surface area (Å²) < 4.78 is 37.2. The average Bonchev–Trinajstić information content (AvgIpc) is 3.70. The topological polar surface area (TPSA) is 98.4 Å². The van der Waals surface area contributed by atoms with Gasteiger partial charge >= 0.3 is 6.01 Å². The van der Waals surface area contributed by atoms with Gasteiger partial charge in [0.05, 0.1) is 17.0 Å². The minimum absolute atomic E-state index is 0.00731. The highest BCUT2D eigenvalue weighted by Gasteiger charge is 2.49. The van der Waals surface area contributed by atoms with Gasteiger partial charge in [-0.25, -0.2) is 8.78 Å². The van der Waals surface area contributed by atoms with E-state index in [4.69, 9.17) is 16.1 Å². The second kappa shape index (κ2) is 10.6. The summed E-state index contributed by atoms with van der Waals surface area (Å²) in [6.07, 6.45) is 9.83. The van der Waals surface area contributed by atoms with Crippen LogP contribution in [0.15, 0.2) is 36.5 Å². The van der Waals surface area contributed by atoms with E-state index < -0.39 is 17.5 Å². The molecule has 4 aromatic rings. The van der Waals surface area contributed by atoms with E-state index >= 15 is 4.39 Å². The van der Waals surface area contributed by atoms with Crippen molar-refractivity contribution in [2.45, 2.75) is 43.8 Å². The number of phenols is 1. The van der Waals surface area contributed by atoms with Gasteiger partial charge in [0.15, 0.2) is 5.82 Å². The maximum Gasteiger partial charge on any atom is 0.319 e. The van der Waals surface area contributed by atoms with Gasteiger partial charge in [-0.2, -0.15) is 15.2 Å². The van der Waals surface area contributed by atoms with Gasteiger partial charge in [-0.15, -0.1) is 6.42 Å². The SMILES string of the molecule is C#Cc1cccc2cc(O)cc(-c3ncc4c(N5CC[C@H](CC#N)C5)nc(OC[C@@]56CCCN5C[C@H](F)C6)nc4c3F)c12. The number of aromatic nitrogens is 3. The van der Waals surface area contributed by atoms with Gasteiger partial charge in [0, 0.05) is 55.2 Å². The number of nitrogens with zero attached hydrogens (tertiary/aromatic N) is 6. The molecule has 7 rings (SSSR count). The van der Waals surface area contributed by atoms with Crippen molar-refractivity contribution in [2.24, 2.45) is 5.92 Å². The zero-order valence-electron chi connectivity index (χ0n) is 23.6. The number of aromatic hydroxyl groups is 1. The summed E-state index contributed by atoms with van der Waals surface area (Å²) in [5.41, 5.74) is 0.495. The Morgan fingerprint density at radius 2 is 2.09 bits per heavy atom. The first-order chi connectivity index (χ1) is 20.9. The highest BCUT2D eigenvalue weighted by atomic mass is 19.1. The maximum atomic E-state index is 16.6. The van der Waals surface area contributed by atoms with Gasteiger partial charge in [0.1, 0.15) is 35.6 Å². The van der Waals surface area contributed by atoms with Crippen molar-refractivity contribution in [2.75, 3.05) is 37.7 Å². The lowest BCUT2D eigenvalue weighted by atomic mass is 9.95. The van der Waals surface area contributed by atoms with E-state index in [2.05, 4.69) is 26.9 Å². The van der Waals surface area contributed by atoms with Crippen LogP contribution >= 0.6 is 0 Å². The Hall–Kier alpha value is -4.54.